The summed E-state index contributed by atoms with van der Waals surface area (Å²) >= 11 is 6.87. The largest absolute Gasteiger partial charge is 0.493 e. The zero-order valence-corrected chi connectivity index (χ0v) is 22.2. The molecule has 0 fully saturated rings. The molecule has 4 rings (SSSR count). The second-order valence-corrected chi connectivity index (χ2v) is 9.20. The van der Waals surface area contributed by atoms with Gasteiger partial charge in [0, 0.05) is 4.47 Å². The Kier molecular flexibility index (Phi) is 8.35. The fourth-order valence-electron chi connectivity index (χ4n) is 3.30. The minimum Gasteiger partial charge on any atom is -0.493 e. The van der Waals surface area contributed by atoms with Crippen LogP contribution in [0.4, 0.5) is 0 Å². The maximum Gasteiger partial charge on any atom is 0.343 e. The number of hydrazone groups is 1. The number of nitrogens with one attached hydrogen (secondary N) is 1. The Labute approximate surface area is 224 Å². The predicted octanol–water partition coefficient (Wildman–Crippen LogP) is 6.12. The van der Waals surface area contributed by atoms with Gasteiger partial charge < -0.3 is 14.2 Å². The van der Waals surface area contributed by atoms with E-state index < -0.39 is 11.9 Å². The van der Waals surface area contributed by atoms with Crippen LogP contribution >= 0.6 is 31.9 Å². The SMILES string of the molecule is COc1cc(/C=N\NC(=O)COc2ccc3ccccc3c2Br)ccc1OC(=O)c1cccc(Br)c1. The molecule has 0 saturated heterocycles. The third-order valence-electron chi connectivity index (χ3n) is 5.04. The lowest BCUT2D eigenvalue weighted by Gasteiger charge is -2.10. The third kappa shape index (κ3) is 6.30. The summed E-state index contributed by atoms with van der Waals surface area (Å²) in [4.78, 5) is 24.6. The molecule has 0 heterocycles. The van der Waals surface area contributed by atoms with E-state index in [9.17, 15) is 9.59 Å². The van der Waals surface area contributed by atoms with Crippen LogP contribution in [0.2, 0.25) is 0 Å². The number of esters is 1. The molecule has 0 aromatic heterocycles. The average molecular weight is 612 g/mol. The van der Waals surface area contributed by atoms with Crippen molar-refractivity contribution in [2.24, 2.45) is 5.10 Å². The number of hydrogen-bond acceptors (Lipinski definition) is 6. The van der Waals surface area contributed by atoms with Gasteiger partial charge in [-0.3, -0.25) is 4.79 Å². The highest BCUT2D eigenvalue weighted by molar-refractivity contribution is 9.11. The first kappa shape index (κ1) is 25.4. The number of halogens is 2. The van der Waals surface area contributed by atoms with Crippen LogP contribution in [-0.4, -0.2) is 31.8 Å². The normalized spacial score (nSPS) is 10.9. The van der Waals surface area contributed by atoms with Gasteiger partial charge in [0.15, 0.2) is 18.1 Å². The monoisotopic (exact) mass is 610 g/mol. The molecular weight excluding hydrogens is 592 g/mol. The quantitative estimate of drug-likeness (QED) is 0.112. The molecule has 1 N–H and O–H groups in total. The Bertz CT molecular complexity index is 1460. The number of hydrogen-bond donors (Lipinski definition) is 1. The number of methoxy groups -OCH3 is 1. The van der Waals surface area contributed by atoms with E-state index in [1.165, 1.54) is 13.3 Å². The van der Waals surface area contributed by atoms with Crippen LogP contribution in [0.15, 0.2) is 92.9 Å². The molecule has 0 spiro atoms. The Balaban J connectivity index is 1.34. The van der Waals surface area contributed by atoms with Gasteiger partial charge in [0.1, 0.15) is 5.75 Å². The lowest BCUT2D eigenvalue weighted by Crippen LogP contribution is -2.24. The number of amides is 1. The minimum absolute atomic E-state index is 0.206. The predicted molar refractivity (Wildman–Crippen MR) is 145 cm³/mol. The first-order valence-electron chi connectivity index (χ1n) is 10.7. The summed E-state index contributed by atoms with van der Waals surface area (Å²) in [5.41, 5.74) is 3.46. The molecular formula is C27H20Br2N2O5. The van der Waals surface area contributed by atoms with Gasteiger partial charge in [0.2, 0.25) is 0 Å². The van der Waals surface area contributed by atoms with Crippen molar-refractivity contribution in [1.82, 2.24) is 5.43 Å². The van der Waals surface area contributed by atoms with Crippen molar-refractivity contribution < 1.29 is 23.8 Å². The first-order valence-corrected chi connectivity index (χ1v) is 12.3. The topological polar surface area (TPSA) is 86.2 Å². The van der Waals surface area contributed by atoms with Crippen LogP contribution in [0, 0.1) is 0 Å². The maximum atomic E-state index is 12.4. The first-order chi connectivity index (χ1) is 17.4. The van der Waals surface area contributed by atoms with Gasteiger partial charge in [0.25, 0.3) is 5.91 Å². The van der Waals surface area contributed by atoms with Crippen molar-refractivity contribution in [1.29, 1.82) is 0 Å². The van der Waals surface area contributed by atoms with Gasteiger partial charge in [-0.2, -0.15) is 5.10 Å². The lowest BCUT2D eigenvalue weighted by molar-refractivity contribution is -0.123. The molecule has 182 valence electrons. The number of nitrogens with zero attached hydrogens (tertiary/aromatic N) is 1. The summed E-state index contributed by atoms with van der Waals surface area (Å²) < 4.78 is 18.0. The molecule has 0 aliphatic carbocycles. The Morgan fingerprint density at radius 1 is 0.917 bits per heavy atom. The number of ether oxygens (including phenoxy) is 3. The fraction of sp³-hybridized carbons (Fsp3) is 0.0741. The van der Waals surface area contributed by atoms with Gasteiger partial charge in [-0.1, -0.05) is 52.3 Å². The van der Waals surface area contributed by atoms with Crippen LogP contribution in [0.3, 0.4) is 0 Å². The van der Waals surface area contributed by atoms with Gasteiger partial charge in [-0.05, 0) is 74.7 Å². The van der Waals surface area contributed by atoms with Crippen LogP contribution in [0.5, 0.6) is 17.2 Å². The van der Waals surface area contributed by atoms with Crippen molar-refractivity contribution in [3.63, 3.8) is 0 Å². The van der Waals surface area contributed by atoms with Gasteiger partial charge in [-0.25, -0.2) is 10.2 Å². The van der Waals surface area contributed by atoms with E-state index in [0.29, 0.717) is 22.6 Å². The average Bonchev–Trinajstić information content (AvgIpc) is 2.89. The summed E-state index contributed by atoms with van der Waals surface area (Å²) in [6, 6.07) is 23.4. The standard InChI is InChI=1S/C27H20Br2N2O5/c1-34-24-13-17(9-11-22(24)36-27(33)19-6-4-7-20(28)14-19)15-30-31-25(32)16-35-23-12-10-18-5-2-3-8-21(18)26(23)29/h2-15H,16H2,1H3,(H,31,32)/b30-15-. The minimum atomic E-state index is -0.513. The molecule has 0 radical (unpaired) electrons. The van der Waals surface area contributed by atoms with Crippen molar-refractivity contribution in [3.05, 3.63) is 98.9 Å². The number of benzene rings is 4. The van der Waals surface area contributed by atoms with Crippen molar-refractivity contribution in [2.45, 2.75) is 0 Å². The zero-order chi connectivity index (χ0) is 25.5. The van der Waals surface area contributed by atoms with E-state index >= 15 is 0 Å². The van der Waals surface area contributed by atoms with E-state index in [4.69, 9.17) is 14.2 Å². The summed E-state index contributed by atoms with van der Waals surface area (Å²) in [7, 11) is 1.47. The fourth-order valence-corrected chi connectivity index (χ4v) is 4.31. The Morgan fingerprint density at radius 2 is 1.72 bits per heavy atom. The van der Waals surface area contributed by atoms with Gasteiger partial charge >= 0.3 is 5.97 Å². The molecule has 1 amide bonds. The highest BCUT2D eigenvalue weighted by atomic mass is 79.9. The number of fused-ring (bicyclic) bond motifs is 1. The number of carbonyl (C=O) groups excluding carboxylic acids is 2. The lowest BCUT2D eigenvalue weighted by atomic mass is 10.1. The van der Waals surface area contributed by atoms with Crippen LogP contribution in [0.25, 0.3) is 10.8 Å². The molecule has 0 atom stereocenters. The van der Waals surface area contributed by atoms with E-state index in [0.717, 1.165) is 19.7 Å². The second kappa shape index (κ2) is 11.8. The van der Waals surface area contributed by atoms with E-state index in [2.05, 4.69) is 42.4 Å². The Morgan fingerprint density at radius 3 is 2.53 bits per heavy atom. The molecule has 0 unspecified atom stereocenters. The summed E-state index contributed by atoms with van der Waals surface area (Å²) in [6.07, 6.45) is 1.45. The number of carbonyl (C=O) groups is 2. The Hall–Kier alpha value is -3.69. The smallest absolute Gasteiger partial charge is 0.343 e. The molecule has 7 nitrogen and oxygen atoms in total. The highest BCUT2D eigenvalue weighted by Crippen LogP contribution is 2.33. The summed E-state index contributed by atoms with van der Waals surface area (Å²) in [6.45, 7) is -0.206. The highest BCUT2D eigenvalue weighted by Gasteiger charge is 2.13. The molecule has 4 aromatic rings. The molecule has 0 saturated carbocycles. The summed E-state index contributed by atoms with van der Waals surface area (Å²) in [5.74, 6) is 0.237. The van der Waals surface area contributed by atoms with Crippen LogP contribution < -0.4 is 19.6 Å². The molecule has 4 aromatic carbocycles. The van der Waals surface area contributed by atoms with E-state index in [1.54, 1.807) is 42.5 Å². The maximum absolute atomic E-state index is 12.4. The summed E-state index contributed by atoms with van der Waals surface area (Å²) in [5, 5.41) is 6.02. The van der Waals surface area contributed by atoms with Crippen molar-refractivity contribution in [2.75, 3.05) is 13.7 Å². The van der Waals surface area contributed by atoms with E-state index in [-0.39, 0.29) is 12.4 Å². The van der Waals surface area contributed by atoms with E-state index in [1.807, 2.05) is 36.4 Å². The molecule has 0 aliphatic heterocycles. The van der Waals surface area contributed by atoms with Gasteiger partial charge in [0.05, 0.1) is 23.4 Å². The van der Waals surface area contributed by atoms with Crippen LogP contribution in [0.1, 0.15) is 15.9 Å². The number of rotatable bonds is 8. The van der Waals surface area contributed by atoms with Crippen molar-refractivity contribution in [3.8, 4) is 17.2 Å². The van der Waals surface area contributed by atoms with Crippen molar-refractivity contribution >= 4 is 60.7 Å². The zero-order valence-electron chi connectivity index (χ0n) is 19.0. The molecule has 0 aliphatic rings. The molecule has 0 bridgehead atoms. The second-order valence-electron chi connectivity index (χ2n) is 7.49. The van der Waals surface area contributed by atoms with Gasteiger partial charge in [-0.15, -0.1) is 0 Å². The van der Waals surface area contributed by atoms with Crippen LogP contribution in [-0.2, 0) is 4.79 Å². The molecule has 36 heavy (non-hydrogen) atoms. The third-order valence-corrected chi connectivity index (χ3v) is 6.35. The molecule has 9 heteroatoms.